The topological polar surface area (TPSA) is 73.2 Å². The van der Waals surface area contributed by atoms with Gasteiger partial charge < -0.3 is 10.2 Å². The molecule has 2 heterocycles. The quantitative estimate of drug-likeness (QED) is 0.680. The van der Waals surface area contributed by atoms with Crippen molar-refractivity contribution < 1.29 is 9.59 Å². The molecule has 22 heavy (non-hydrogen) atoms. The van der Waals surface area contributed by atoms with Crippen molar-refractivity contribution >= 4 is 11.7 Å². The van der Waals surface area contributed by atoms with E-state index in [1.54, 1.807) is 24.3 Å². The summed E-state index contributed by atoms with van der Waals surface area (Å²) < 4.78 is 0. The second kappa shape index (κ2) is 5.86. The molecule has 1 aromatic rings. The molecule has 0 saturated carbocycles. The minimum atomic E-state index is -0.386. The third-order valence-corrected chi connectivity index (χ3v) is 3.85. The molecule has 1 saturated heterocycles. The van der Waals surface area contributed by atoms with E-state index < -0.39 is 0 Å². The second-order valence-corrected chi connectivity index (χ2v) is 5.27. The van der Waals surface area contributed by atoms with E-state index in [9.17, 15) is 14.9 Å². The smallest absolute Gasteiger partial charge is 0.258 e. The fraction of sp³-hybridized carbons (Fsp3) is 0.235. The van der Waals surface area contributed by atoms with Crippen LogP contribution < -0.4 is 5.32 Å². The predicted molar refractivity (Wildman–Crippen MR) is 80.4 cm³/mol. The summed E-state index contributed by atoms with van der Waals surface area (Å²) in [4.78, 5) is 26.4. The normalized spacial score (nSPS) is 19.5. The summed E-state index contributed by atoms with van der Waals surface area (Å²) in [6, 6.07) is 10.8. The van der Waals surface area contributed by atoms with Crippen LogP contribution in [0.2, 0.25) is 0 Å². The van der Waals surface area contributed by atoms with E-state index in [-0.39, 0.29) is 22.8 Å². The molecule has 1 amide bonds. The van der Waals surface area contributed by atoms with Crippen LogP contribution in [0.5, 0.6) is 0 Å². The molecule has 1 aromatic carbocycles. The van der Waals surface area contributed by atoms with Crippen molar-refractivity contribution in [3.63, 3.8) is 0 Å². The zero-order valence-corrected chi connectivity index (χ0v) is 12.0. The van der Waals surface area contributed by atoms with Gasteiger partial charge in [-0.25, -0.2) is 0 Å². The lowest BCUT2D eigenvalue weighted by atomic mass is 10.0. The van der Waals surface area contributed by atoms with Crippen molar-refractivity contribution in [1.29, 1.82) is 5.26 Å². The minimum absolute atomic E-state index is 0.151. The van der Waals surface area contributed by atoms with E-state index in [1.165, 1.54) is 6.08 Å². The van der Waals surface area contributed by atoms with Gasteiger partial charge in [-0.2, -0.15) is 5.26 Å². The largest absolute Gasteiger partial charge is 0.357 e. The monoisotopic (exact) mass is 293 g/mol. The summed E-state index contributed by atoms with van der Waals surface area (Å²) in [7, 11) is 0. The molecule has 1 fully saturated rings. The molecule has 0 spiro atoms. The number of amides is 1. The lowest BCUT2D eigenvalue weighted by Crippen LogP contribution is -2.29. The molecule has 1 N–H and O–H groups in total. The number of allylic oxidation sites excluding steroid dienone is 1. The number of hydrogen-bond acceptors (Lipinski definition) is 4. The van der Waals surface area contributed by atoms with Gasteiger partial charge in [0.05, 0.1) is 5.57 Å². The van der Waals surface area contributed by atoms with E-state index >= 15 is 0 Å². The lowest BCUT2D eigenvalue weighted by Gasteiger charge is -2.18. The Morgan fingerprint density at radius 2 is 1.91 bits per heavy atom. The van der Waals surface area contributed by atoms with Gasteiger partial charge in [-0.15, -0.1) is 0 Å². The SMILES string of the molecule is N#CC1=C(N2CCCC2)NC(=O)/C1=C/C(=O)c1ccccc1. The standard InChI is InChI=1S/C17H15N3O2/c18-11-14-13(10-15(21)12-6-2-1-3-7-12)17(22)19-16(14)20-8-4-5-9-20/h1-3,6-7,10H,4-5,8-9H2,(H,19,22)/b13-10+. The zero-order chi connectivity index (χ0) is 15.5. The maximum absolute atomic E-state index is 12.2. The molecule has 0 aliphatic carbocycles. The highest BCUT2D eigenvalue weighted by molar-refractivity contribution is 6.13. The van der Waals surface area contributed by atoms with Crippen molar-refractivity contribution in [2.75, 3.05) is 13.1 Å². The van der Waals surface area contributed by atoms with Gasteiger partial charge in [0.2, 0.25) is 0 Å². The maximum Gasteiger partial charge on any atom is 0.258 e. The number of ketones is 1. The third-order valence-electron chi connectivity index (χ3n) is 3.85. The molecule has 3 rings (SSSR count). The van der Waals surface area contributed by atoms with E-state index in [2.05, 4.69) is 11.4 Å². The molecule has 0 bridgehead atoms. The van der Waals surface area contributed by atoms with Gasteiger partial charge in [0.25, 0.3) is 5.91 Å². The average molecular weight is 293 g/mol. The summed E-state index contributed by atoms with van der Waals surface area (Å²) >= 11 is 0. The Balaban J connectivity index is 1.95. The van der Waals surface area contributed by atoms with Crippen LogP contribution in [-0.4, -0.2) is 29.7 Å². The number of likely N-dealkylation sites (tertiary alicyclic amines) is 1. The highest BCUT2D eigenvalue weighted by atomic mass is 16.2. The maximum atomic E-state index is 12.2. The molecule has 0 unspecified atom stereocenters. The van der Waals surface area contributed by atoms with Crippen LogP contribution in [-0.2, 0) is 4.79 Å². The first-order valence-electron chi connectivity index (χ1n) is 7.23. The fourth-order valence-electron chi connectivity index (χ4n) is 2.72. The summed E-state index contributed by atoms with van der Waals surface area (Å²) in [5.74, 6) is -0.124. The number of hydrogen-bond donors (Lipinski definition) is 1. The van der Waals surface area contributed by atoms with Crippen LogP contribution in [0.3, 0.4) is 0 Å². The van der Waals surface area contributed by atoms with Crippen LogP contribution in [0, 0.1) is 11.3 Å². The predicted octanol–water partition coefficient (Wildman–Crippen LogP) is 1.76. The summed E-state index contributed by atoms with van der Waals surface area (Å²) in [5.41, 5.74) is 0.907. The number of benzene rings is 1. The zero-order valence-electron chi connectivity index (χ0n) is 12.0. The summed E-state index contributed by atoms with van der Waals surface area (Å²) in [6.45, 7) is 1.64. The Morgan fingerprint density at radius 3 is 2.55 bits per heavy atom. The second-order valence-electron chi connectivity index (χ2n) is 5.27. The number of nitrogens with one attached hydrogen (secondary N) is 1. The van der Waals surface area contributed by atoms with E-state index in [0.717, 1.165) is 25.9 Å². The number of carbonyl (C=O) groups is 2. The summed E-state index contributed by atoms with van der Waals surface area (Å²) in [5, 5.41) is 12.1. The van der Waals surface area contributed by atoms with Gasteiger partial charge in [0.1, 0.15) is 17.5 Å². The first kappa shape index (κ1) is 14.1. The molecule has 5 heteroatoms. The van der Waals surface area contributed by atoms with Crippen LogP contribution >= 0.6 is 0 Å². The van der Waals surface area contributed by atoms with Crippen LogP contribution in [0.15, 0.2) is 53.4 Å². The van der Waals surface area contributed by atoms with Crippen molar-refractivity contribution in [3.05, 3.63) is 58.9 Å². The molecular weight excluding hydrogens is 278 g/mol. The van der Waals surface area contributed by atoms with Crippen molar-refractivity contribution in [1.82, 2.24) is 10.2 Å². The molecule has 0 aromatic heterocycles. The summed E-state index contributed by atoms with van der Waals surface area (Å²) in [6.07, 6.45) is 3.34. The van der Waals surface area contributed by atoms with Crippen LogP contribution in [0.1, 0.15) is 23.2 Å². The molecule has 2 aliphatic heterocycles. The minimum Gasteiger partial charge on any atom is -0.357 e. The first-order valence-corrected chi connectivity index (χ1v) is 7.23. The first-order chi connectivity index (χ1) is 10.7. The third kappa shape index (κ3) is 2.51. The Morgan fingerprint density at radius 1 is 1.23 bits per heavy atom. The Kier molecular flexibility index (Phi) is 3.75. The van der Waals surface area contributed by atoms with Gasteiger partial charge in [0.15, 0.2) is 5.78 Å². The van der Waals surface area contributed by atoms with Crippen molar-refractivity contribution in [2.45, 2.75) is 12.8 Å². The highest BCUT2D eigenvalue weighted by Gasteiger charge is 2.32. The van der Waals surface area contributed by atoms with E-state index in [1.807, 2.05) is 11.0 Å². The van der Waals surface area contributed by atoms with Gasteiger partial charge in [-0.05, 0) is 12.8 Å². The van der Waals surface area contributed by atoms with Gasteiger partial charge in [-0.3, -0.25) is 9.59 Å². The molecule has 2 aliphatic rings. The molecular formula is C17H15N3O2. The number of carbonyl (C=O) groups excluding carboxylic acids is 2. The Hall–Kier alpha value is -2.87. The van der Waals surface area contributed by atoms with Gasteiger partial charge >= 0.3 is 0 Å². The van der Waals surface area contributed by atoms with Crippen LogP contribution in [0.25, 0.3) is 0 Å². The number of nitriles is 1. The fourth-order valence-corrected chi connectivity index (χ4v) is 2.72. The van der Waals surface area contributed by atoms with Crippen molar-refractivity contribution in [2.24, 2.45) is 0 Å². The molecule has 5 nitrogen and oxygen atoms in total. The van der Waals surface area contributed by atoms with E-state index in [0.29, 0.717) is 11.4 Å². The Labute approximate surface area is 128 Å². The molecule has 0 atom stereocenters. The molecule has 0 radical (unpaired) electrons. The highest BCUT2D eigenvalue weighted by Crippen LogP contribution is 2.26. The lowest BCUT2D eigenvalue weighted by molar-refractivity contribution is -0.116. The average Bonchev–Trinajstić information content (AvgIpc) is 3.17. The van der Waals surface area contributed by atoms with Gasteiger partial charge in [-0.1, -0.05) is 30.3 Å². The van der Waals surface area contributed by atoms with Gasteiger partial charge in [0, 0.05) is 24.7 Å². The van der Waals surface area contributed by atoms with Crippen LogP contribution in [0.4, 0.5) is 0 Å². The number of rotatable bonds is 3. The molecule has 110 valence electrons. The van der Waals surface area contributed by atoms with E-state index in [4.69, 9.17) is 0 Å². The Bertz CT molecular complexity index is 720. The number of nitrogens with zero attached hydrogens (tertiary/aromatic N) is 2. The van der Waals surface area contributed by atoms with Crippen molar-refractivity contribution in [3.8, 4) is 6.07 Å².